The third-order valence-electron chi connectivity index (χ3n) is 3.75. The van der Waals surface area contributed by atoms with Gasteiger partial charge in [-0.05, 0) is 49.9 Å². The SMILES string of the molecule is CN(CCCCc1ccccc1)Cc1noc(-c2ccsc2)n1. The Bertz CT molecular complexity index is 694. The first-order valence-corrected chi connectivity index (χ1v) is 8.83. The highest BCUT2D eigenvalue weighted by Gasteiger charge is 2.10. The molecule has 120 valence electrons. The van der Waals surface area contributed by atoms with Crippen molar-refractivity contribution in [1.82, 2.24) is 15.0 Å². The molecule has 3 aromatic rings. The van der Waals surface area contributed by atoms with Gasteiger partial charge in [0, 0.05) is 5.38 Å². The second-order valence-corrected chi connectivity index (χ2v) is 6.49. The lowest BCUT2D eigenvalue weighted by molar-refractivity contribution is 0.303. The summed E-state index contributed by atoms with van der Waals surface area (Å²) in [4.78, 5) is 6.70. The number of benzene rings is 1. The summed E-state index contributed by atoms with van der Waals surface area (Å²) in [5, 5.41) is 8.10. The molecule has 0 unspecified atom stereocenters. The Morgan fingerprint density at radius 3 is 2.78 bits per heavy atom. The third kappa shape index (κ3) is 4.74. The van der Waals surface area contributed by atoms with Gasteiger partial charge < -0.3 is 4.52 Å². The van der Waals surface area contributed by atoms with Crippen LogP contribution in [-0.4, -0.2) is 28.6 Å². The summed E-state index contributed by atoms with van der Waals surface area (Å²) in [5.41, 5.74) is 2.41. The number of thiophene rings is 1. The second kappa shape index (κ2) is 8.04. The topological polar surface area (TPSA) is 42.2 Å². The summed E-state index contributed by atoms with van der Waals surface area (Å²) in [7, 11) is 2.10. The zero-order valence-corrected chi connectivity index (χ0v) is 14.1. The Hall–Kier alpha value is -1.98. The number of unbranched alkanes of at least 4 members (excludes halogenated alkanes) is 1. The van der Waals surface area contributed by atoms with Gasteiger partial charge in [0.25, 0.3) is 5.89 Å². The molecule has 0 radical (unpaired) electrons. The van der Waals surface area contributed by atoms with Crippen molar-refractivity contribution < 1.29 is 4.52 Å². The number of aryl methyl sites for hydroxylation is 1. The van der Waals surface area contributed by atoms with Gasteiger partial charge in [-0.25, -0.2) is 0 Å². The third-order valence-corrected chi connectivity index (χ3v) is 4.43. The molecule has 3 rings (SSSR count). The van der Waals surface area contributed by atoms with Crippen molar-refractivity contribution in [2.75, 3.05) is 13.6 Å². The van der Waals surface area contributed by atoms with Crippen LogP contribution in [0.25, 0.3) is 11.5 Å². The van der Waals surface area contributed by atoms with Crippen molar-refractivity contribution in [3.63, 3.8) is 0 Å². The lowest BCUT2D eigenvalue weighted by atomic mass is 10.1. The second-order valence-electron chi connectivity index (χ2n) is 5.71. The van der Waals surface area contributed by atoms with E-state index in [1.165, 1.54) is 18.4 Å². The molecule has 0 saturated heterocycles. The number of hydrogen-bond acceptors (Lipinski definition) is 5. The van der Waals surface area contributed by atoms with Crippen LogP contribution in [0.3, 0.4) is 0 Å². The van der Waals surface area contributed by atoms with Crippen molar-refractivity contribution in [3.05, 3.63) is 58.5 Å². The van der Waals surface area contributed by atoms with Crippen molar-refractivity contribution in [2.45, 2.75) is 25.8 Å². The minimum Gasteiger partial charge on any atom is -0.334 e. The largest absolute Gasteiger partial charge is 0.334 e. The molecule has 0 aliphatic rings. The number of hydrogen-bond donors (Lipinski definition) is 0. The van der Waals surface area contributed by atoms with E-state index in [-0.39, 0.29) is 0 Å². The summed E-state index contributed by atoms with van der Waals surface area (Å²) in [6, 6.07) is 12.6. The molecule has 0 aliphatic carbocycles. The zero-order chi connectivity index (χ0) is 15.9. The number of aromatic nitrogens is 2. The molecular formula is C18H21N3OS. The van der Waals surface area contributed by atoms with Gasteiger partial charge in [-0.15, -0.1) is 0 Å². The van der Waals surface area contributed by atoms with Gasteiger partial charge in [-0.2, -0.15) is 16.3 Å². The maximum absolute atomic E-state index is 5.31. The van der Waals surface area contributed by atoms with Gasteiger partial charge >= 0.3 is 0 Å². The van der Waals surface area contributed by atoms with E-state index in [4.69, 9.17) is 4.52 Å². The molecule has 0 saturated carbocycles. The number of rotatable bonds is 8. The molecule has 5 heteroatoms. The van der Waals surface area contributed by atoms with E-state index >= 15 is 0 Å². The summed E-state index contributed by atoms with van der Waals surface area (Å²) < 4.78 is 5.31. The monoisotopic (exact) mass is 327 g/mol. The van der Waals surface area contributed by atoms with Crippen molar-refractivity contribution in [3.8, 4) is 11.5 Å². The molecule has 0 aliphatic heterocycles. The Balaban J connectivity index is 1.40. The van der Waals surface area contributed by atoms with Crippen LogP contribution < -0.4 is 0 Å². The number of nitrogens with zero attached hydrogens (tertiary/aromatic N) is 3. The standard InChI is InChI=1S/C18H21N3OS/c1-21(11-6-5-9-15-7-3-2-4-8-15)13-17-19-18(22-20-17)16-10-12-23-14-16/h2-4,7-8,10,12,14H,5-6,9,11,13H2,1H3. The van der Waals surface area contributed by atoms with Crippen LogP contribution in [0.4, 0.5) is 0 Å². The van der Waals surface area contributed by atoms with Crippen LogP contribution in [0.5, 0.6) is 0 Å². The summed E-state index contributed by atoms with van der Waals surface area (Å²) in [6.45, 7) is 1.76. The van der Waals surface area contributed by atoms with Gasteiger partial charge in [0.05, 0.1) is 12.1 Å². The molecule has 0 spiro atoms. The highest BCUT2D eigenvalue weighted by Crippen LogP contribution is 2.20. The summed E-state index contributed by atoms with van der Waals surface area (Å²) >= 11 is 1.63. The molecule has 0 fully saturated rings. The maximum atomic E-state index is 5.31. The Labute approximate surface area is 140 Å². The van der Waals surface area contributed by atoms with Crippen LogP contribution >= 0.6 is 11.3 Å². The Morgan fingerprint density at radius 1 is 1.13 bits per heavy atom. The van der Waals surface area contributed by atoms with Crippen LogP contribution in [-0.2, 0) is 13.0 Å². The fourth-order valence-electron chi connectivity index (χ4n) is 2.50. The van der Waals surface area contributed by atoms with Gasteiger partial charge in [0.1, 0.15) is 0 Å². The highest BCUT2D eigenvalue weighted by molar-refractivity contribution is 7.08. The van der Waals surface area contributed by atoms with Crippen LogP contribution in [0.1, 0.15) is 24.2 Å². The maximum Gasteiger partial charge on any atom is 0.258 e. The smallest absolute Gasteiger partial charge is 0.258 e. The van der Waals surface area contributed by atoms with Crippen LogP contribution in [0.2, 0.25) is 0 Å². The van der Waals surface area contributed by atoms with Crippen molar-refractivity contribution >= 4 is 11.3 Å². The van der Waals surface area contributed by atoms with E-state index in [2.05, 4.69) is 52.4 Å². The Kier molecular flexibility index (Phi) is 5.56. The molecule has 0 amide bonds. The fourth-order valence-corrected chi connectivity index (χ4v) is 3.13. The van der Waals surface area contributed by atoms with E-state index in [1.54, 1.807) is 11.3 Å². The van der Waals surface area contributed by atoms with E-state index in [9.17, 15) is 0 Å². The highest BCUT2D eigenvalue weighted by atomic mass is 32.1. The first-order valence-electron chi connectivity index (χ1n) is 7.89. The molecule has 4 nitrogen and oxygen atoms in total. The fraction of sp³-hybridized carbons (Fsp3) is 0.333. The Morgan fingerprint density at radius 2 is 2.00 bits per heavy atom. The minimum absolute atomic E-state index is 0.610. The van der Waals surface area contributed by atoms with E-state index < -0.39 is 0 Å². The molecule has 2 aromatic heterocycles. The molecule has 0 N–H and O–H groups in total. The van der Waals surface area contributed by atoms with Gasteiger partial charge in [0.2, 0.25) is 0 Å². The predicted octanol–water partition coefficient (Wildman–Crippen LogP) is 4.25. The molecule has 0 atom stereocenters. The summed E-state index contributed by atoms with van der Waals surface area (Å²) in [6.07, 6.45) is 3.50. The first-order chi connectivity index (χ1) is 11.3. The van der Waals surface area contributed by atoms with Crippen molar-refractivity contribution in [2.24, 2.45) is 0 Å². The predicted molar refractivity (Wildman–Crippen MR) is 93.3 cm³/mol. The zero-order valence-electron chi connectivity index (χ0n) is 13.3. The van der Waals surface area contributed by atoms with Crippen LogP contribution in [0, 0.1) is 0 Å². The molecule has 23 heavy (non-hydrogen) atoms. The minimum atomic E-state index is 0.610. The molecular weight excluding hydrogens is 306 g/mol. The normalized spacial score (nSPS) is 11.2. The van der Waals surface area contributed by atoms with Gasteiger partial charge in [0.15, 0.2) is 5.82 Å². The first kappa shape index (κ1) is 15.9. The van der Waals surface area contributed by atoms with Gasteiger partial charge in [-0.1, -0.05) is 35.5 Å². The molecule has 1 aromatic carbocycles. The molecule has 0 bridgehead atoms. The average Bonchev–Trinajstić information content (AvgIpc) is 3.24. The van der Waals surface area contributed by atoms with E-state index in [0.29, 0.717) is 5.89 Å². The molecule has 2 heterocycles. The van der Waals surface area contributed by atoms with Gasteiger partial charge in [-0.3, -0.25) is 4.90 Å². The quantitative estimate of drug-likeness (QED) is 0.580. The van der Waals surface area contributed by atoms with E-state index in [1.807, 2.05) is 16.8 Å². The van der Waals surface area contributed by atoms with Crippen LogP contribution in [0.15, 0.2) is 51.7 Å². The van der Waals surface area contributed by atoms with E-state index in [0.717, 1.165) is 30.9 Å². The average molecular weight is 327 g/mol. The lowest BCUT2D eigenvalue weighted by Crippen LogP contribution is -2.20. The summed E-state index contributed by atoms with van der Waals surface area (Å²) in [5.74, 6) is 1.36. The lowest BCUT2D eigenvalue weighted by Gasteiger charge is -2.13. The van der Waals surface area contributed by atoms with Crippen molar-refractivity contribution in [1.29, 1.82) is 0 Å².